The summed E-state index contributed by atoms with van der Waals surface area (Å²) in [7, 11) is 0. The summed E-state index contributed by atoms with van der Waals surface area (Å²) in [5.41, 5.74) is 2.71. The van der Waals surface area contributed by atoms with Crippen molar-refractivity contribution in [2.75, 3.05) is 11.9 Å². The molecule has 0 aromatic heterocycles. The maximum absolute atomic E-state index is 14.3. The topological polar surface area (TPSA) is 87.7 Å². The van der Waals surface area contributed by atoms with E-state index in [1.165, 1.54) is 0 Å². The van der Waals surface area contributed by atoms with Crippen LogP contribution in [0.2, 0.25) is 0 Å². The fourth-order valence-electron chi connectivity index (χ4n) is 4.38. The van der Waals surface area contributed by atoms with Crippen molar-refractivity contribution in [3.63, 3.8) is 0 Å². The first kappa shape index (κ1) is 31.9. The Labute approximate surface area is 234 Å². The van der Waals surface area contributed by atoms with Crippen LogP contribution in [-0.2, 0) is 14.3 Å². The van der Waals surface area contributed by atoms with E-state index in [4.69, 9.17) is 4.74 Å². The van der Waals surface area contributed by atoms with Gasteiger partial charge in [0, 0.05) is 12.2 Å². The molecule has 7 heteroatoms. The highest BCUT2D eigenvalue weighted by atomic mass is 16.6. The number of carbonyl (C=O) groups is 3. The zero-order valence-corrected chi connectivity index (χ0v) is 25.0. The molecular weight excluding hydrogens is 490 g/mol. The van der Waals surface area contributed by atoms with E-state index in [9.17, 15) is 14.4 Å². The van der Waals surface area contributed by atoms with Gasteiger partial charge in [0.2, 0.25) is 5.91 Å². The fraction of sp³-hybridized carbons (Fsp3) is 0.531. The highest BCUT2D eigenvalue weighted by Crippen LogP contribution is 2.27. The molecule has 0 aliphatic rings. The maximum atomic E-state index is 14.3. The van der Waals surface area contributed by atoms with Gasteiger partial charge >= 0.3 is 6.09 Å². The molecule has 2 N–H and O–H groups in total. The number of nitrogens with one attached hydrogen (secondary N) is 2. The largest absolute Gasteiger partial charge is 0.444 e. The Morgan fingerprint density at radius 1 is 0.949 bits per heavy atom. The summed E-state index contributed by atoms with van der Waals surface area (Å²) in [5.74, 6) is -0.459. The van der Waals surface area contributed by atoms with E-state index in [2.05, 4.69) is 17.6 Å². The van der Waals surface area contributed by atoms with Crippen LogP contribution in [0, 0.1) is 19.8 Å². The number of nitrogens with zero attached hydrogens (tertiary/aromatic N) is 1. The van der Waals surface area contributed by atoms with Crippen molar-refractivity contribution in [3.05, 3.63) is 65.2 Å². The zero-order chi connectivity index (χ0) is 29.2. The third kappa shape index (κ3) is 10.4. The van der Waals surface area contributed by atoms with Crippen molar-refractivity contribution in [1.82, 2.24) is 10.2 Å². The lowest BCUT2D eigenvalue weighted by Gasteiger charge is -2.35. The van der Waals surface area contributed by atoms with E-state index < -0.39 is 23.8 Å². The molecule has 0 spiro atoms. The number of benzene rings is 2. The van der Waals surface area contributed by atoms with E-state index in [0.717, 1.165) is 36.0 Å². The van der Waals surface area contributed by atoms with Crippen molar-refractivity contribution in [2.24, 2.45) is 5.92 Å². The first-order chi connectivity index (χ1) is 18.3. The number of ether oxygens (including phenoxy) is 1. The molecule has 7 nitrogen and oxygen atoms in total. The highest BCUT2D eigenvalue weighted by Gasteiger charge is 2.36. The lowest BCUT2D eigenvalue weighted by molar-refractivity contribution is -0.141. The molecule has 2 unspecified atom stereocenters. The van der Waals surface area contributed by atoms with Crippen LogP contribution < -0.4 is 10.6 Å². The number of para-hydroxylation sites is 1. The van der Waals surface area contributed by atoms with Crippen LogP contribution in [0.5, 0.6) is 0 Å². The predicted molar refractivity (Wildman–Crippen MR) is 158 cm³/mol. The van der Waals surface area contributed by atoms with Gasteiger partial charge in [-0.15, -0.1) is 0 Å². The van der Waals surface area contributed by atoms with Crippen LogP contribution in [-0.4, -0.2) is 41.0 Å². The second-order valence-corrected chi connectivity index (χ2v) is 11.7. The van der Waals surface area contributed by atoms with Crippen molar-refractivity contribution in [3.8, 4) is 0 Å². The first-order valence-corrected chi connectivity index (χ1v) is 14.1. The highest BCUT2D eigenvalue weighted by molar-refractivity contribution is 5.99. The van der Waals surface area contributed by atoms with Gasteiger partial charge in [0.15, 0.2) is 0 Å². The quantitative estimate of drug-likeness (QED) is 0.287. The van der Waals surface area contributed by atoms with Gasteiger partial charge in [-0.25, -0.2) is 4.79 Å². The van der Waals surface area contributed by atoms with Crippen molar-refractivity contribution in [2.45, 2.75) is 98.8 Å². The Balaban J connectivity index is 2.53. The van der Waals surface area contributed by atoms with E-state index in [0.29, 0.717) is 18.7 Å². The molecular formula is C32H47N3O4. The lowest BCUT2D eigenvalue weighted by atomic mass is 9.98. The molecule has 214 valence electrons. The van der Waals surface area contributed by atoms with Gasteiger partial charge in [-0.05, 0) is 70.6 Å². The minimum absolute atomic E-state index is 0.130. The molecule has 2 aromatic carbocycles. The molecule has 0 radical (unpaired) electrons. The normalized spacial score (nSPS) is 12.9. The molecule has 0 aliphatic heterocycles. The molecule has 2 rings (SSSR count). The molecule has 0 saturated carbocycles. The van der Waals surface area contributed by atoms with Crippen LogP contribution in [0.25, 0.3) is 0 Å². The van der Waals surface area contributed by atoms with Gasteiger partial charge in [0.05, 0.1) is 0 Å². The number of aryl methyl sites for hydroxylation is 2. The second-order valence-electron chi connectivity index (χ2n) is 11.7. The SMILES string of the molecule is CCCCCN(C(=O)C(CC(C)C)NC(=O)OC(C)(C)C)C(C(=O)Nc1ccccc1C)c1ccc(C)cc1. The molecule has 2 aromatic rings. The van der Waals surface area contributed by atoms with Gasteiger partial charge in [0.1, 0.15) is 17.7 Å². The number of alkyl carbamates (subject to hydrolysis) is 1. The molecule has 0 fully saturated rings. The molecule has 0 bridgehead atoms. The first-order valence-electron chi connectivity index (χ1n) is 14.1. The Bertz CT molecular complexity index is 1090. The molecule has 0 aliphatic carbocycles. The van der Waals surface area contributed by atoms with Crippen LogP contribution >= 0.6 is 0 Å². The maximum Gasteiger partial charge on any atom is 0.408 e. The Morgan fingerprint density at radius 3 is 2.15 bits per heavy atom. The molecule has 0 heterocycles. The predicted octanol–water partition coefficient (Wildman–Crippen LogP) is 6.94. The fourth-order valence-corrected chi connectivity index (χ4v) is 4.38. The van der Waals surface area contributed by atoms with E-state index in [-0.39, 0.29) is 17.7 Å². The van der Waals surface area contributed by atoms with Crippen LogP contribution in [0.4, 0.5) is 10.5 Å². The van der Waals surface area contributed by atoms with Crippen molar-refractivity contribution >= 4 is 23.6 Å². The van der Waals surface area contributed by atoms with E-state index in [1.807, 2.05) is 76.2 Å². The number of amides is 3. The number of hydrogen-bond acceptors (Lipinski definition) is 4. The summed E-state index contributed by atoms with van der Waals surface area (Å²) < 4.78 is 5.48. The Hall–Kier alpha value is -3.35. The van der Waals surface area contributed by atoms with Crippen LogP contribution in [0.15, 0.2) is 48.5 Å². The van der Waals surface area contributed by atoms with Gasteiger partial charge in [-0.2, -0.15) is 0 Å². The molecule has 39 heavy (non-hydrogen) atoms. The number of rotatable bonds is 12. The summed E-state index contributed by atoms with van der Waals surface area (Å²) in [6.07, 6.45) is 2.40. The second kappa shape index (κ2) is 14.7. The van der Waals surface area contributed by atoms with Crippen LogP contribution in [0.1, 0.15) is 90.0 Å². The smallest absolute Gasteiger partial charge is 0.408 e. The van der Waals surface area contributed by atoms with Gasteiger partial charge in [0.25, 0.3) is 5.91 Å². The third-order valence-corrected chi connectivity index (χ3v) is 6.34. The van der Waals surface area contributed by atoms with Gasteiger partial charge in [-0.3, -0.25) is 9.59 Å². The zero-order valence-electron chi connectivity index (χ0n) is 25.0. The lowest BCUT2D eigenvalue weighted by Crippen LogP contribution is -2.53. The molecule has 2 atom stereocenters. The van der Waals surface area contributed by atoms with E-state index in [1.54, 1.807) is 25.7 Å². The third-order valence-electron chi connectivity index (χ3n) is 6.34. The number of hydrogen-bond donors (Lipinski definition) is 2. The van der Waals surface area contributed by atoms with Gasteiger partial charge < -0.3 is 20.3 Å². The number of carbonyl (C=O) groups excluding carboxylic acids is 3. The Morgan fingerprint density at radius 2 is 1.59 bits per heavy atom. The van der Waals surface area contributed by atoms with Crippen molar-refractivity contribution in [1.29, 1.82) is 0 Å². The monoisotopic (exact) mass is 537 g/mol. The Kier molecular flexibility index (Phi) is 12.0. The minimum atomic E-state index is -0.871. The average molecular weight is 538 g/mol. The minimum Gasteiger partial charge on any atom is -0.444 e. The average Bonchev–Trinajstić information content (AvgIpc) is 2.83. The van der Waals surface area contributed by atoms with E-state index >= 15 is 0 Å². The number of unbranched alkanes of at least 4 members (excludes halogenated alkanes) is 2. The van der Waals surface area contributed by atoms with Crippen molar-refractivity contribution < 1.29 is 19.1 Å². The summed E-state index contributed by atoms with van der Waals surface area (Å²) in [4.78, 5) is 42.6. The summed E-state index contributed by atoms with van der Waals surface area (Å²) in [6.45, 7) is 15.8. The standard InChI is InChI=1S/C32H47N3O4/c1-9-10-13-20-35(30(37)27(21-22(2)3)34-31(38)39-32(6,7)8)28(25-18-16-23(4)17-19-25)29(36)33-26-15-12-11-14-24(26)5/h11-12,14-19,22,27-28H,9-10,13,20-21H2,1-8H3,(H,33,36)(H,34,38). The molecule has 0 saturated heterocycles. The van der Waals surface area contributed by atoms with Gasteiger partial charge in [-0.1, -0.05) is 81.6 Å². The number of anilines is 1. The summed E-state index contributed by atoms with van der Waals surface area (Å²) in [6, 6.07) is 13.6. The van der Waals surface area contributed by atoms with Crippen LogP contribution in [0.3, 0.4) is 0 Å². The molecule has 3 amide bonds. The summed E-state index contributed by atoms with van der Waals surface area (Å²) >= 11 is 0. The summed E-state index contributed by atoms with van der Waals surface area (Å²) in [5, 5.41) is 5.86.